The highest BCUT2D eigenvalue weighted by Gasteiger charge is 2.12. The van der Waals surface area contributed by atoms with Gasteiger partial charge in [0, 0.05) is 23.5 Å². The van der Waals surface area contributed by atoms with Gasteiger partial charge < -0.3 is 20.1 Å². The average Bonchev–Trinajstić information content (AvgIpc) is 2.63. The fourth-order valence-corrected chi connectivity index (χ4v) is 2.60. The van der Waals surface area contributed by atoms with Gasteiger partial charge in [-0.2, -0.15) is 0 Å². The molecule has 0 fully saturated rings. The van der Waals surface area contributed by atoms with E-state index >= 15 is 0 Å². The molecule has 0 heterocycles. The molecule has 0 radical (unpaired) electrons. The molecule has 2 aromatic rings. The number of carbonyl (C=O) groups is 2. The summed E-state index contributed by atoms with van der Waals surface area (Å²) < 4.78 is 24.0. The molecule has 2 amide bonds. The molecule has 6 nitrogen and oxygen atoms in total. The highest BCUT2D eigenvalue weighted by atomic mass is 79.9. The van der Waals surface area contributed by atoms with E-state index in [1.54, 1.807) is 18.2 Å². The lowest BCUT2D eigenvalue weighted by molar-refractivity contribution is -0.116. The molecule has 138 valence electrons. The molecule has 2 aromatic carbocycles. The highest BCUT2D eigenvalue weighted by Crippen LogP contribution is 2.29. The molecule has 8 heteroatoms. The van der Waals surface area contributed by atoms with E-state index in [9.17, 15) is 14.0 Å². The smallest absolute Gasteiger partial charge is 0.252 e. The van der Waals surface area contributed by atoms with Crippen LogP contribution >= 0.6 is 15.9 Å². The van der Waals surface area contributed by atoms with Gasteiger partial charge in [0.25, 0.3) is 5.91 Å². The van der Waals surface area contributed by atoms with Crippen LogP contribution in [-0.2, 0) is 4.79 Å². The predicted octanol–water partition coefficient (Wildman–Crippen LogP) is 3.36. The number of hydrogen-bond acceptors (Lipinski definition) is 4. The number of carbonyl (C=O) groups excluding carboxylic acids is 2. The first-order valence-electron chi connectivity index (χ1n) is 7.69. The summed E-state index contributed by atoms with van der Waals surface area (Å²) in [7, 11) is 3.02. The number of anilines is 1. The standard InChI is InChI=1S/C18H18BrFN2O4/c1-25-12-4-6-15(16(10-12)26-2)22-17(23)7-8-21-18(24)13-9-11(20)3-5-14(13)19/h3-6,9-10H,7-8H2,1-2H3,(H,21,24)(H,22,23). The lowest BCUT2D eigenvalue weighted by Crippen LogP contribution is -2.28. The molecular weight excluding hydrogens is 407 g/mol. The zero-order valence-corrected chi connectivity index (χ0v) is 15.9. The number of halogens is 2. The second kappa shape index (κ2) is 9.19. The van der Waals surface area contributed by atoms with Gasteiger partial charge in [0.15, 0.2) is 0 Å². The summed E-state index contributed by atoms with van der Waals surface area (Å²) in [6.45, 7) is 0.103. The molecule has 0 aliphatic carbocycles. The van der Waals surface area contributed by atoms with Crippen molar-refractivity contribution in [3.05, 3.63) is 52.3 Å². The van der Waals surface area contributed by atoms with Crippen LogP contribution in [0.3, 0.4) is 0 Å². The Hall–Kier alpha value is -2.61. The fraction of sp³-hybridized carbons (Fsp3) is 0.222. The third kappa shape index (κ3) is 5.19. The molecule has 0 spiro atoms. The van der Waals surface area contributed by atoms with E-state index < -0.39 is 11.7 Å². The molecule has 0 unspecified atom stereocenters. The first-order valence-corrected chi connectivity index (χ1v) is 8.49. The van der Waals surface area contributed by atoms with Gasteiger partial charge in [-0.25, -0.2) is 4.39 Å². The van der Waals surface area contributed by atoms with Crippen LogP contribution in [0, 0.1) is 5.82 Å². The number of ether oxygens (including phenoxy) is 2. The molecule has 0 saturated carbocycles. The van der Waals surface area contributed by atoms with E-state index in [-0.39, 0.29) is 24.4 Å². The van der Waals surface area contributed by atoms with E-state index in [2.05, 4.69) is 26.6 Å². The Morgan fingerprint density at radius 3 is 2.58 bits per heavy atom. The van der Waals surface area contributed by atoms with Crippen molar-refractivity contribution in [3.8, 4) is 11.5 Å². The van der Waals surface area contributed by atoms with Crippen molar-refractivity contribution in [2.24, 2.45) is 0 Å². The largest absolute Gasteiger partial charge is 0.497 e. The summed E-state index contributed by atoms with van der Waals surface area (Å²) in [5, 5.41) is 5.29. The van der Waals surface area contributed by atoms with Crippen molar-refractivity contribution >= 4 is 33.4 Å². The summed E-state index contributed by atoms with van der Waals surface area (Å²) in [4.78, 5) is 24.1. The zero-order valence-electron chi connectivity index (χ0n) is 14.3. The van der Waals surface area contributed by atoms with Crippen LogP contribution in [0.2, 0.25) is 0 Å². The monoisotopic (exact) mass is 424 g/mol. The van der Waals surface area contributed by atoms with Crippen LogP contribution in [-0.4, -0.2) is 32.6 Å². The summed E-state index contributed by atoms with van der Waals surface area (Å²) in [5.41, 5.74) is 0.666. The molecule has 2 N–H and O–H groups in total. The lowest BCUT2D eigenvalue weighted by Gasteiger charge is -2.12. The van der Waals surface area contributed by atoms with Crippen molar-refractivity contribution < 1.29 is 23.5 Å². The molecular formula is C18H18BrFN2O4. The van der Waals surface area contributed by atoms with Crippen LogP contribution < -0.4 is 20.1 Å². The van der Waals surface area contributed by atoms with Gasteiger partial charge >= 0.3 is 0 Å². The minimum absolute atomic E-state index is 0.0495. The zero-order chi connectivity index (χ0) is 19.1. The number of nitrogens with one attached hydrogen (secondary N) is 2. The van der Waals surface area contributed by atoms with E-state index in [4.69, 9.17) is 9.47 Å². The van der Waals surface area contributed by atoms with Gasteiger partial charge in [-0.1, -0.05) is 0 Å². The Bertz CT molecular complexity index is 814. The molecule has 0 aromatic heterocycles. The minimum Gasteiger partial charge on any atom is -0.497 e. The summed E-state index contributed by atoms with van der Waals surface area (Å²) in [5.74, 6) is -0.209. The number of hydrogen-bond donors (Lipinski definition) is 2. The van der Waals surface area contributed by atoms with E-state index in [1.165, 1.54) is 26.4 Å². The van der Waals surface area contributed by atoms with Gasteiger partial charge in [-0.15, -0.1) is 0 Å². The number of methoxy groups -OCH3 is 2. The molecule has 0 aliphatic rings. The maximum atomic E-state index is 13.2. The van der Waals surface area contributed by atoms with Crippen molar-refractivity contribution in [1.29, 1.82) is 0 Å². The third-order valence-electron chi connectivity index (χ3n) is 3.49. The second-order valence-corrected chi connectivity index (χ2v) is 6.10. The Balaban J connectivity index is 1.89. The number of benzene rings is 2. The van der Waals surface area contributed by atoms with Crippen LogP contribution in [0.5, 0.6) is 11.5 Å². The maximum absolute atomic E-state index is 13.2. The van der Waals surface area contributed by atoms with Crippen molar-refractivity contribution in [2.45, 2.75) is 6.42 Å². The van der Waals surface area contributed by atoms with Gasteiger partial charge in [-0.05, 0) is 46.3 Å². The third-order valence-corrected chi connectivity index (χ3v) is 4.18. The Morgan fingerprint density at radius 2 is 1.88 bits per heavy atom. The van der Waals surface area contributed by atoms with Gasteiger partial charge in [0.1, 0.15) is 17.3 Å². The average molecular weight is 425 g/mol. The van der Waals surface area contributed by atoms with E-state index in [1.807, 2.05) is 0 Å². The summed E-state index contributed by atoms with van der Waals surface area (Å²) in [6, 6.07) is 8.84. The molecule has 2 rings (SSSR count). The topological polar surface area (TPSA) is 76.7 Å². The highest BCUT2D eigenvalue weighted by molar-refractivity contribution is 9.10. The van der Waals surface area contributed by atoms with Gasteiger partial charge in [-0.3, -0.25) is 9.59 Å². The van der Waals surface area contributed by atoms with E-state index in [0.717, 1.165) is 6.07 Å². The predicted molar refractivity (Wildman–Crippen MR) is 99.2 cm³/mol. The Kier molecular flexibility index (Phi) is 6.97. The summed E-state index contributed by atoms with van der Waals surface area (Å²) >= 11 is 3.19. The number of amides is 2. The fourth-order valence-electron chi connectivity index (χ4n) is 2.17. The van der Waals surface area contributed by atoms with Gasteiger partial charge in [0.05, 0.1) is 25.5 Å². The molecule has 0 aliphatic heterocycles. The maximum Gasteiger partial charge on any atom is 0.252 e. The van der Waals surface area contributed by atoms with Crippen LogP contribution in [0.25, 0.3) is 0 Å². The van der Waals surface area contributed by atoms with Crippen LogP contribution in [0.15, 0.2) is 40.9 Å². The Labute approximate surface area is 158 Å². The summed E-state index contributed by atoms with van der Waals surface area (Å²) in [6.07, 6.45) is 0.0495. The van der Waals surface area contributed by atoms with Crippen LogP contribution in [0.4, 0.5) is 10.1 Å². The van der Waals surface area contributed by atoms with Gasteiger partial charge in [0.2, 0.25) is 5.91 Å². The first-order chi connectivity index (χ1) is 12.4. The van der Waals surface area contributed by atoms with E-state index in [0.29, 0.717) is 21.7 Å². The molecule has 0 bridgehead atoms. The number of rotatable bonds is 7. The second-order valence-electron chi connectivity index (χ2n) is 5.24. The molecule has 26 heavy (non-hydrogen) atoms. The van der Waals surface area contributed by atoms with Crippen LogP contribution in [0.1, 0.15) is 16.8 Å². The first kappa shape index (κ1) is 19.7. The van der Waals surface area contributed by atoms with Crippen molar-refractivity contribution in [1.82, 2.24) is 5.32 Å². The molecule has 0 saturated heterocycles. The van der Waals surface area contributed by atoms with Crippen molar-refractivity contribution in [2.75, 3.05) is 26.1 Å². The minimum atomic E-state index is -0.511. The SMILES string of the molecule is COc1ccc(NC(=O)CCNC(=O)c2cc(F)ccc2Br)c(OC)c1. The quantitative estimate of drug-likeness (QED) is 0.714. The normalized spacial score (nSPS) is 10.2. The Morgan fingerprint density at radius 1 is 1.12 bits per heavy atom. The molecule has 0 atom stereocenters. The lowest BCUT2D eigenvalue weighted by atomic mass is 10.2. The van der Waals surface area contributed by atoms with Crippen molar-refractivity contribution in [3.63, 3.8) is 0 Å².